The predicted molar refractivity (Wildman–Crippen MR) is 67.2 cm³/mol. The van der Waals surface area contributed by atoms with Crippen molar-refractivity contribution in [2.24, 2.45) is 5.84 Å². The lowest BCUT2D eigenvalue weighted by Crippen LogP contribution is -2.44. The van der Waals surface area contributed by atoms with Gasteiger partial charge in [0.25, 0.3) is 0 Å². The van der Waals surface area contributed by atoms with Crippen molar-refractivity contribution in [1.29, 1.82) is 0 Å². The Morgan fingerprint density at radius 3 is 2.69 bits per heavy atom. The van der Waals surface area contributed by atoms with Crippen LogP contribution < -0.4 is 16.1 Å². The molecule has 1 aliphatic heterocycles. The van der Waals surface area contributed by atoms with Gasteiger partial charge in [-0.05, 0) is 11.6 Å². The molecule has 0 aromatic heterocycles. The van der Waals surface area contributed by atoms with Gasteiger partial charge in [-0.15, -0.1) is 0 Å². The van der Waals surface area contributed by atoms with Crippen molar-refractivity contribution >= 4 is 5.69 Å². The number of piperazine rings is 1. The third kappa shape index (κ3) is 2.72. The smallest absolute Gasteiger partial charge is 0.0413 e. The van der Waals surface area contributed by atoms with Crippen LogP contribution in [0.1, 0.15) is 5.56 Å². The van der Waals surface area contributed by atoms with Crippen LogP contribution in [0.2, 0.25) is 0 Å². The highest BCUT2D eigenvalue weighted by Gasteiger charge is 2.13. The Balaban J connectivity index is 2.17. The first-order valence-electron chi connectivity index (χ1n) is 5.77. The second kappa shape index (κ2) is 5.30. The van der Waals surface area contributed by atoms with Crippen LogP contribution in [-0.4, -0.2) is 38.2 Å². The molecule has 1 aromatic carbocycles. The van der Waals surface area contributed by atoms with Crippen LogP contribution in [-0.2, 0) is 6.54 Å². The van der Waals surface area contributed by atoms with Crippen LogP contribution in [0.15, 0.2) is 24.3 Å². The van der Waals surface area contributed by atoms with Crippen LogP contribution in [0.3, 0.4) is 0 Å². The van der Waals surface area contributed by atoms with Gasteiger partial charge in [0.05, 0.1) is 0 Å². The normalized spacial score (nSPS) is 16.8. The van der Waals surface area contributed by atoms with E-state index >= 15 is 0 Å². The summed E-state index contributed by atoms with van der Waals surface area (Å²) in [5, 5.41) is 5.09. The molecule has 3 N–H and O–H groups in total. The molecule has 0 atom stereocenters. The molecule has 0 bridgehead atoms. The molecule has 0 spiro atoms. The summed E-state index contributed by atoms with van der Waals surface area (Å²) in [5.41, 5.74) is 2.62. The Kier molecular flexibility index (Phi) is 3.77. The highest BCUT2D eigenvalue weighted by atomic mass is 15.4. The van der Waals surface area contributed by atoms with Crippen LogP contribution in [0.25, 0.3) is 0 Å². The van der Waals surface area contributed by atoms with E-state index in [9.17, 15) is 0 Å². The second-order valence-corrected chi connectivity index (χ2v) is 4.28. The van der Waals surface area contributed by atoms with Crippen molar-refractivity contribution in [2.45, 2.75) is 6.54 Å². The molecule has 88 valence electrons. The van der Waals surface area contributed by atoms with E-state index in [0.29, 0.717) is 0 Å². The van der Waals surface area contributed by atoms with E-state index in [1.54, 1.807) is 5.01 Å². The molecule has 4 heteroatoms. The topological polar surface area (TPSA) is 44.5 Å². The van der Waals surface area contributed by atoms with E-state index in [1.165, 1.54) is 11.3 Å². The Hall–Kier alpha value is -1.10. The molecule has 0 radical (unpaired) electrons. The molecule has 1 fully saturated rings. The first kappa shape index (κ1) is 11.4. The van der Waals surface area contributed by atoms with E-state index in [1.807, 2.05) is 7.05 Å². The zero-order chi connectivity index (χ0) is 11.4. The molecule has 1 saturated heterocycles. The lowest BCUT2D eigenvalue weighted by molar-refractivity contribution is 0.341. The Bertz CT molecular complexity index is 332. The number of nitrogens with zero attached hydrogens (tertiary/aromatic N) is 2. The van der Waals surface area contributed by atoms with Gasteiger partial charge in [0, 0.05) is 45.5 Å². The molecule has 4 nitrogen and oxygen atoms in total. The largest absolute Gasteiger partial charge is 0.369 e. The average molecular weight is 220 g/mol. The molecular weight excluding hydrogens is 200 g/mol. The molecule has 1 heterocycles. The van der Waals surface area contributed by atoms with E-state index in [2.05, 4.69) is 34.5 Å². The maximum atomic E-state index is 5.73. The lowest BCUT2D eigenvalue weighted by atomic mass is 10.1. The average Bonchev–Trinajstić information content (AvgIpc) is 2.30. The Morgan fingerprint density at radius 2 is 2.00 bits per heavy atom. The summed E-state index contributed by atoms with van der Waals surface area (Å²) >= 11 is 0. The second-order valence-electron chi connectivity index (χ2n) is 4.28. The number of rotatable bonds is 3. The van der Waals surface area contributed by atoms with E-state index in [4.69, 9.17) is 5.84 Å². The summed E-state index contributed by atoms with van der Waals surface area (Å²) in [5.74, 6) is 5.73. The molecule has 0 aliphatic carbocycles. The van der Waals surface area contributed by atoms with Gasteiger partial charge in [0.2, 0.25) is 0 Å². The summed E-state index contributed by atoms with van der Waals surface area (Å²) in [6, 6.07) is 8.51. The highest BCUT2D eigenvalue weighted by molar-refractivity contribution is 5.54. The fourth-order valence-corrected chi connectivity index (χ4v) is 2.13. The predicted octanol–water partition coefficient (Wildman–Crippen LogP) is 0.402. The summed E-state index contributed by atoms with van der Waals surface area (Å²) in [6.45, 7) is 5.07. The maximum absolute atomic E-state index is 5.73. The summed E-state index contributed by atoms with van der Waals surface area (Å²) in [6.07, 6.45) is 0. The van der Waals surface area contributed by atoms with Gasteiger partial charge in [-0.2, -0.15) is 0 Å². The van der Waals surface area contributed by atoms with Crippen LogP contribution >= 0.6 is 0 Å². The zero-order valence-electron chi connectivity index (χ0n) is 9.82. The van der Waals surface area contributed by atoms with Gasteiger partial charge < -0.3 is 10.2 Å². The number of hydrazine groups is 1. The number of benzene rings is 1. The van der Waals surface area contributed by atoms with Crippen molar-refractivity contribution in [1.82, 2.24) is 10.3 Å². The third-order valence-corrected chi connectivity index (χ3v) is 2.87. The van der Waals surface area contributed by atoms with Crippen LogP contribution in [0.5, 0.6) is 0 Å². The minimum absolute atomic E-state index is 0.792. The number of nitrogens with two attached hydrogens (primary N) is 1. The first-order valence-corrected chi connectivity index (χ1v) is 5.77. The third-order valence-electron chi connectivity index (χ3n) is 2.87. The van der Waals surface area contributed by atoms with Crippen LogP contribution in [0.4, 0.5) is 5.69 Å². The molecule has 1 aliphatic rings. The monoisotopic (exact) mass is 220 g/mol. The molecular formula is C12H20N4. The Labute approximate surface area is 97.0 Å². The lowest BCUT2D eigenvalue weighted by Gasteiger charge is -2.31. The van der Waals surface area contributed by atoms with Gasteiger partial charge >= 0.3 is 0 Å². The fraction of sp³-hybridized carbons (Fsp3) is 0.500. The molecule has 2 rings (SSSR count). The number of anilines is 1. The summed E-state index contributed by atoms with van der Waals surface area (Å²) < 4.78 is 0. The van der Waals surface area contributed by atoms with Crippen molar-refractivity contribution in [3.05, 3.63) is 29.8 Å². The molecule has 0 unspecified atom stereocenters. The maximum Gasteiger partial charge on any atom is 0.0413 e. The summed E-state index contributed by atoms with van der Waals surface area (Å²) in [4.78, 5) is 2.43. The van der Waals surface area contributed by atoms with E-state index < -0.39 is 0 Å². The van der Waals surface area contributed by atoms with Gasteiger partial charge in [-0.25, -0.2) is 5.01 Å². The molecule has 1 aromatic rings. The molecule has 0 saturated carbocycles. The molecule has 0 amide bonds. The highest BCUT2D eigenvalue weighted by Crippen LogP contribution is 2.21. The van der Waals surface area contributed by atoms with Crippen LogP contribution in [0, 0.1) is 0 Å². The van der Waals surface area contributed by atoms with Gasteiger partial charge in [-0.3, -0.25) is 5.84 Å². The minimum atomic E-state index is 0.792. The quantitative estimate of drug-likeness (QED) is 0.572. The minimum Gasteiger partial charge on any atom is -0.369 e. The van der Waals surface area contributed by atoms with Crippen molar-refractivity contribution < 1.29 is 0 Å². The van der Waals surface area contributed by atoms with Gasteiger partial charge in [0.15, 0.2) is 0 Å². The first-order chi connectivity index (χ1) is 7.77. The van der Waals surface area contributed by atoms with Crippen molar-refractivity contribution in [3.8, 4) is 0 Å². The standard InChI is InChI=1S/C12H20N4/c1-15(13)10-11-4-2-3-5-12(11)16-8-6-14-7-9-16/h2-5,14H,6-10,13H2,1H3. The van der Waals surface area contributed by atoms with Crippen molar-refractivity contribution in [3.63, 3.8) is 0 Å². The Morgan fingerprint density at radius 1 is 1.31 bits per heavy atom. The number of hydrogen-bond donors (Lipinski definition) is 2. The zero-order valence-corrected chi connectivity index (χ0v) is 9.82. The number of para-hydroxylation sites is 1. The van der Waals surface area contributed by atoms with E-state index in [-0.39, 0.29) is 0 Å². The molecule has 16 heavy (non-hydrogen) atoms. The fourth-order valence-electron chi connectivity index (χ4n) is 2.13. The van der Waals surface area contributed by atoms with Crippen molar-refractivity contribution in [2.75, 3.05) is 38.1 Å². The van der Waals surface area contributed by atoms with E-state index in [0.717, 1.165) is 32.7 Å². The SMILES string of the molecule is CN(N)Cc1ccccc1N1CCNCC1. The number of nitrogens with one attached hydrogen (secondary N) is 1. The van der Waals surface area contributed by atoms with Gasteiger partial charge in [-0.1, -0.05) is 18.2 Å². The number of hydrogen-bond acceptors (Lipinski definition) is 4. The van der Waals surface area contributed by atoms with Gasteiger partial charge in [0.1, 0.15) is 0 Å². The summed E-state index contributed by atoms with van der Waals surface area (Å²) in [7, 11) is 1.90.